The molecule has 1 heterocycles. The van der Waals surface area contributed by atoms with Gasteiger partial charge in [-0.1, -0.05) is 18.2 Å². The van der Waals surface area contributed by atoms with Crippen LogP contribution in [-0.2, 0) is 0 Å². The van der Waals surface area contributed by atoms with Crippen LogP contribution in [0.3, 0.4) is 0 Å². The Labute approximate surface area is 151 Å². The smallest absolute Gasteiger partial charge is 0.317 e. The number of hydrogen-bond acceptors (Lipinski definition) is 3. The molecule has 0 bridgehead atoms. The number of nitrogens with zero attached hydrogens (tertiary/aromatic N) is 2. The summed E-state index contributed by atoms with van der Waals surface area (Å²) in [5.41, 5.74) is 1.75. The summed E-state index contributed by atoms with van der Waals surface area (Å²) in [6, 6.07) is 15.6. The Kier molecular flexibility index (Phi) is 5.48. The minimum atomic E-state index is -0.210. The predicted molar refractivity (Wildman–Crippen MR) is 98.6 cm³/mol. The standard InChI is InChI=1S/C19H20N4O3/c24-18(20-10-12-22-13-11-21-19(22)25)16-8-6-15(7-9-16)14-23(26)17-4-2-1-3-5-17/h1-9,14H,10-13H2,(H,20,24)(H,21,25)/b23-14-. The fraction of sp³-hybridized carbons (Fsp3) is 0.211. The van der Waals surface area contributed by atoms with Gasteiger partial charge in [-0.05, 0) is 24.3 Å². The normalized spacial score (nSPS) is 14.2. The third-order valence-electron chi connectivity index (χ3n) is 4.06. The molecule has 0 atom stereocenters. The number of amides is 3. The molecule has 7 heteroatoms. The Bertz CT molecular complexity index is 803. The van der Waals surface area contributed by atoms with Gasteiger partial charge in [-0.15, -0.1) is 0 Å². The van der Waals surface area contributed by atoms with Gasteiger partial charge in [0.25, 0.3) is 5.91 Å². The van der Waals surface area contributed by atoms with E-state index in [-0.39, 0.29) is 11.9 Å². The fourth-order valence-corrected chi connectivity index (χ4v) is 2.64. The number of carbonyl (C=O) groups excluding carboxylic acids is 2. The largest absolute Gasteiger partial charge is 0.618 e. The zero-order valence-electron chi connectivity index (χ0n) is 14.2. The van der Waals surface area contributed by atoms with Crippen molar-refractivity contribution in [3.05, 3.63) is 70.9 Å². The van der Waals surface area contributed by atoms with Gasteiger partial charge >= 0.3 is 6.03 Å². The first-order valence-electron chi connectivity index (χ1n) is 8.41. The molecule has 3 amide bonds. The molecule has 0 aromatic heterocycles. The van der Waals surface area contributed by atoms with Crippen molar-refractivity contribution in [3.8, 4) is 0 Å². The Hall–Kier alpha value is -3.35. The fourth-order valence-electron chi connectivity index (χ4n) is 2.64. The molecule has 7 nitrogen and oxygen atoms in total. The summed E-state index contributed by atoms with van der Waals surface area (Å²) >= 11 is 0. The molecule has 2 N–H and O–H groups in total. The number of carbonyl (C=O) groups is 2. The number of para-hydroxylation sites is 1. The summed E-state index contributed by atoms with van der Waals surface area (Å²) in [5.74, 6) is -0.210. The Morgan fingerprint density at radius 2 is 1.92 bits per heavy atom. The predicted octanol–water partition coefficient (Wildman–Crippen LogP) is 1.70. The van der Waals surface area contributed by atoms with E-state index >= 15 is 0 Å². The zero-order valence-corrected chi connectivity index (χ0v) is 14.2. The van der Waals surface area contributed by atoms with E-state index in [0.717, 1.165) is 4.74 Å². The van der Waals surface area contributed by atoms with Crippen LogP contribution >= 0.6 is 0 Å². The van der Waals surface area contributed by atoms with Crippen molar-refractivity contribution in [2.45, 2.75) is 0 Å². The van der Waals surface area contributed by atoms with Crippen molar-refractivity contribution < 1.29 is 14.3 Å². The number of urea groups is 1. The molecule has 1 aliphatic heterocycles. The third kappa shape index (κ3) is 4.38. The monoisotopic (exact) mass is 352 g/mol. The lowest BCUT2D eigenvalue weighted by atomic mass is 10.1. The van der Waals surface area contributed by atoms with Crippen LogP contribution in [0.5, 0.6) is 0 Å². The zero-order chi connectivity index (χ0) is 18.4. The van der Waals surface area contributed by atoms with Crippen LogP contribution < -0.4 is 10.6 Å². The van der Waals surface area contributed by atoms with Gasteiger partial charge in [-0.25, -0.2) is 4.79 Å². The number of benzene rings is 2. The molecule has 0 aliphatic carbocycles. The van der Waals surface area contributed by atoms with Crippen LogP contribution in [0.1, 0.15) is 15.9 Å². The van der Waals surface area contributed by atoms with Gasteiger partial charge in [0.15, 0.2) is 6.21 Å². The van der Waals surface area contributed by atoms with Crippen molar-refractivity contribution in [2.75, 3.05) is 26.2 Å². The lowest BCUT2D eigenvalue weighted by Gasteiger charge is -2.14. The van der Waals surface area contributed by atoms with Gasteiger partial charge in [0.2, 0.25) is 5.69 Å². The van der Waals surface area contributed by atoms with E-state index in [1.807, 2.05) is 6.07 Å². The second kappa shape index (κ2) is 8.15. The van der Waals surface area contributed by atoms with Gasteiger partial charge < -0.3 is 20.7 Å². The number of hydrogen-bond donors (Lipinski definition) is 2. The maximum atomic E-state index is 12.1. The minimum absolute atomic E-state index is 0.0975. The van der Waals surface area contributed by atoms with Gasteiger partial charge in [-0.2, -0.15) is 4.74 Å². The van der Waals surface area contributed by atoms with Crippen LogP contribution in [0, 0.1) is 5.21 Å². The van der Waals surface area contributed by atoms with E-state index in [9.17, 15) is 14.8 Å². The van der Waals surface area contributed by atoms with Crippen molar-refractivity contribution >= 4 is 23.8 Å². The molecule has 2 aromatic rings. The second-order valence-corrected chi connectivity index (χ2v) is 5.89. The lowest BCUT2D eigenvalue weighted by molar-refractivity contribution is -0.354. The average Bonchev–Trinajstić information content (AvgIpc) is 3.08. The van der Waals surface area contributed by atoms with Gasteiger partial charge in [-0.3, -0.25) is 4.79 Å². The average molecular weight is 352 g/mol. The Morgan fingerprint density at radius 3 is 2.58 bits per heavy atom. The molecular weight excluding hydrogens is 332 g/mol. The molecule has 2 aromatic carbocycles. The van der Waals surface area contributed by atoms with Crippen molar-refractivity contribution in [2.24, 2.45) is 0 Å². The summed E-state index contributed by atoms with van der Waals surface area (Å²) in [5, 5.41) is 17.6. The highest BCUT2D eigenvalue weighted by molar-refractivity contribution is 5.94. The number of nitrogens with one attached hydrogen (secondary N) is 2. The maximum Gasteiger partial charge on any atom is 0.317 e. The van der Waals surface area contributed by atoms with Crippen molar-refractivity contribution in [3.63, 3.8) is 0 Å². The van der Waals surface area contributed by atoms with Crippen molar-refractivity contribution in [1.82, 2.24) is 15.5 Å². The van der Waals surface area contributed by atoms with E-state index in [4.69, 9.17) is 0 Å². The van der Waals surface area contributed by atoms with Gasteiger partial charge in [0.1, 0.15) is 0 Å². The molecule has 26 heavy (non-hydrogen) atoms. The van der Waals surface area contributed by atoms with E-state index in [0.29, 0.717) is 43.0 Å². The summed E-state index contributed by atoms with van der Waals surface area (Å²) in [7, 11) is 0. The number of rotatable bonds is 6. The molecule has 0 unspecified atom stereocenters. The first-order valence-corrected chi connectivity index (χ1v) is 8.41. The van der Waals surface area contributed by atoms with Crippen LogP contribution in [0.15, 0.2) is 54.6 Å². The topological polar surface area (TPSA) is 87.5 Å². The highest BCUT2D eigenvalue weighted by atomic mass is 16.5. The van der Waals surface area contributed by atoms with E-state index in [1.54, 1.807) is 53.4 Å². The molecule has 0 spiro atoms. The van der Waals surface area contributed by atoms with E-state index < -0.39 is 0 Å². The molecule has 3 rings (SSSR count). The third-order valence-corrected chi connectivity index (χ3v) is 4.06. The first kappa shape index (κ1) is 17.5. The Balaban J connectivity index is 1.55. The van der Waals surface area contributed by atoms with Gasteiger partial charge in [0, 0.05) is 49.4 Å². The molecule has 134 valence electrons. The van der Waals surface area contributed by atoms with Crippen LogP contribution in [0.4, 0.5) is 10.5 Å². The molecular formula is C19H20N4O3. The molecule has 0 radical (unpaired) electrons. The summed E-state index contributed by atoms with van der Waals surface area (Å²) in [4.78, 5) is 25.2. The highest BCUT2D eigenvalue weighted by Crippen LogP contribution is 2.10. The maximum absolute atomic E-state index is 12.1. The quantitative estimate of drug-likeness (QED) is 0.359. The van der Waals surface area contributed by atoms with E-state index in [2.05, 4.69) is 10.6 Å². The molecule has 1 saturated heterocycles. The molecule has 1 fully saturated rings. The minimum Gasteiger partial charge on any atom is -0.618 e. The second-order valence-electron chi connectivity index (χ2n) is 5.89. The summed E-state index contributed by atoms with van der Waals surface area (Å²) in [6.45, 7) is 2.17. The van der Waals surface area contributed by atoms with Crippen LogP contribution in [-0.4, -0.2) is 54.0 Å². The lowest BCUT2D eigenvalue weighted by Crippen LogP contribution is -2.36. The van der Waals surface area contributed by atoms with Crippen molar-refractivity contribution in [1.29, 1.82) is 0 Å². The molecule has 0 saturated carbocycles. The van der Waals surface area contributed by atoms with Crippen LogP contribution in [0.2, 0.25) is 0 Å². The molecule has 1 aliphatic rings. The summed E-state index contributed by atoms with van der Waals surface area (Å²) in [6.07, 6.45) is 1.46. The highest BCUT2D eigenvalue weighted by Gasteiger charge is 2.18. The first-order chi connectivity index (χ1) is 12.6. The summed E-state index contributed by atoms with van der Waals surface area (Å²) < 4.78 is 0.788. The van der Waals surface area contributed by atoms with Crippen LogP contribution in [0.25, 0.3) is 0 Å². The SMILES string of the molecule is O=C(NCCN1CCNC1=O)c1ccc(/C=[N+](\[O-])c2ccccc2)cc1. The van der Waals surface area contributed by atoms with E-state index in [1.165, 1.54) is 6.21 Å². The van der Waals surface area contributed by atoms with Gasteiger partial charge in [0.05, 0.1) is 0 Å². The Morgan fingerprint density at radius 1 is 1.19 bits per heavy atom.